The number of hydrogen-bond donors (Lipinski definition) is 1. The van der Waals surface area contributed by atoms with Crippen molar-refractivity contribution in [3.05, 3.63) is 33.1 Å². The maximum Gasteiger partial charge on any atom is 0.407 e. The number of carbonyl (C=O) groups is 1. The van der Waals surface area contributed by atoms with Crippen LogP contribution in [0, 0.1) is 0 Å². The van der Waals surface area contributed by atoms with Gasteiger partial charge >= 0.3 is 6.09 Å². The lowest BCUT2D eigenvalue weighted by molar-refractivity contribution is 0.147. The van der Waals surface area contributed by atoms with Gasteiger partial charge in [-0.15, -0.1) is 11.3 Å². The molecule has 2 heterocycles. The SMILES string of the molecule is O=C(O)N1CCc2sc3ccc(Br)cc3c2CC1. The molecule has 18 heavy (non-hydrogen) atoms. The predicted octanol–water partition coefficient (Wildman–Crippen LogP) is 3.74. The molecule has 0 aliphatic carbocycles. The molecule has 0 radical (unpaired) electrons. The van der Waals surface area contributed by atoms with E-state index in [0.29, 0.717) is 13.1 Å². The first-order chi connectivity index (χ1) is 8.65. The molecule has 0 saturated heterocycles. The van der Waals surface area contributed by atoms with E-state index in [9.17, 15) is 4.79 Å². The van der Waals surface area contributed by atoms with Crippen LogP contribution in [0.1, 0.15) is 10.4 Å². The molecule has 0 fully saturated rings. The Kier molecular flexibility index (Phi) is 3.03. The number of rotatable bonds is 0. The summed E-state index contributed by atoms with van der Waals surface area (Å²) in [6.45, 7) is 1.21. The molecule has 1 aliphatic heterocycles. The van der Waals surface area contributed by atoms with Gasteiger partial charge < -0.3 is 10.0 Å². The summed E-state index contributed by atoms with van der Waals surface area (Å²) < 4.78 is 2.38. The molecule has 0 unspecified atom stereocenters. The van der Waals surface area contributed by atoms with Crippen LogP contribution in [0.4, 0.5) is 4.79 Å². The number of carboxylic acid groups (broad SMARTS) is 1. The molecule has 1 aromatic heterocycles. The van der Waals surface area contributed by atoms with Gasteiger partial charge in [-0.2, -0.15) is 0 Å². The van der Waals surface area contributed by atoms with E-state index in [-0.39, 0.29) is 0 Å². The Labute approximate surface area is 117 Å². The summed E-state index contributed by atoms with van der Waals surface area (Å²) in [4.78, 5) is 13.9. The Balaban J connectivity index is 2.03. The van der Waals surface area contributed by atoms with E-state index >= 15 is 0 Å². The molecule has 3 rings (SSSR count). The molecular weight excluding hydrogens is 314 g/mol. The lowest BCUT2D eigenvalue weighted by Gasteiger charge is -2.15. The zero-order valence-electron chi connectivity index (χ0n) is 9.65. The van der Waals surface area contributed by atoms with Gasteiger partial charge in [-0.05, 0) is 42.0 Å². The maximum absolute atomic E-state index is 11.0. The third-order valence-electron chi connectivity index (χ3n) is 3.35. The van der Waals surface area contributed by atoms with Crippen molar-refractivity contribution in [2.24, 2.45) is 0 Å². The second-order valence-electron chi connectivity index (χ2n) is 4.41. The number of hydrogen-bond acceptors (Lipinski definition) is 2. The molecule has 1 aliphatic rings. The summed E-state index contributed by atoms with van der Waals surface area (Å²) in [6, 6.07) is 6.33. The zero-order chi connectivity index (χ0) is 12.7. The van der Waals surface area contributed by atoms with Crippen molar-refractivity contribution < 1.29 is 9.90 Å². The first kappa shape index (κ1) is 12.0. The third kappa shape index (κ3) is 2.01. The van der Waals surface area contributed by atoms with Crippen molar-refractivity contribution in [2.45, 2.75) is 12.8 Å². The van der Waals surface area contributed by atoms with Crippen LogP contribution in [0.25, 0.3) is 10.1 Å². The lowest BCUT2D eigenvalue weighted by Crippen LogP contribution is -2.31. The molecule has 0 bridgehead atoms. The Morgan fingerprint density at radius 2 is 2.11 bits per heavy atom. The molecule has 1 N–H and O–H groups in total. The Hall–Kier alpha value is -1.07. The van der Waals surface area contributed by atoms with E-state index in [4.69, 9.17) is 5.11 Å². The van der Waals surface area contributed by atoms with Crippen LogP contribution < -0.4 is 0 Å². The quantitative estimate of drug-likeness (QED) is 0.801. The number of amides is 1. The number of thiophene rings is 1. The highest BCUT2D eigenvalue weighted by molar-refractivity contribution is 9.10. The first-order valence-electron chi connectivity index (χ1n) is 5.83. The van der Waals surface area contributed by atoms with Gasteiger partial charge in [0.2, 0.25) is 0 Å². The van der Waals surface area contributed by atoms with Gasteiger partial charge in [0.1, 0.15) is 0 Å². The monoisotopic (exact) mass is 325 g/mol. The molecule has 1 aromatic carbocycles. The van der Waals surface area contributed by atoms with Gasteiger partial charge in [-0.3, -0.25) is 0 Å². The highest BCUT2D eigenvalue weighted by Crippen LogP contribution is 2.35. The molecule has 0 spiro atoms. The summed E-state index contributed by atoms with van der Waals surface area (Å²) >= 11 is 5.29. The number of halogens is 1. The van der Waals surface area contributed by atoms with Crippen molar-refractivity contribution in [3.63, 3.8) is 0 Å². The maximum atomic E-state index is 11.0. The number of benzene rings is 1. The van der Waals surface area contributed by atoms with Crippen molar-refractivity contribution in [1.82, 2.24) is 4.90 Å². The van der Waals surface area contributed by atoms with Crippen molar-refractivity contribution >= 4 is 43.4 Å². The van der Waals surface area contributed by atoms with Crippen LogP contribution in [0.2, 0.25) is 0 Å². The average molecular weight is 326 g/mol. The molecule has 3 nitrogen and oxygen atoms in total. The number of nitrogens with zero attached hydrogens (tertiary/aromatic N) is 1. The van der Waals surface area contributed by atoms with E-state index in [2.05, 4.69) is 34.1 Å². The van der Waals surface area contributed by atoms with Gasteiger partial charge in [-0.1, -0.05) is 15.9 Å². The van der Waals surface area contributed by atoms with Crippen LogP contribution in [0.15, 0.2) is 22.7 Å². The topological polar surface area (TPSA) is 40.5 Å². The summed E-state index contributed by atoms with van der Waals surface area (Å²) in [5, 5.41) is 10.3. The second-order valence-corrected chi connectivity index (χ2v) is 6.47. The van der Waals surface area contributed by atoms with Crippen LogP contribution in [0.5, 0.6) is 0 Å². The van der Waals surface area contributed by atoms with Crippen molar-refractivity contribution in [3.8, 4) is 0 Å². The van der Waals surface area contributed by atoms with Gasteiger partial charge in [0, 0.05) is 27.1 Å². The van der Waals surface area contributed by atoms with Crippen LogP contribution >= 0.6 is 27.3 Å². The van der Waals surface area contributed by atoms with E-state index in [1.165, 1.54) is 25.4 Å². The van der Waals surface area contributed by atoms with E-state index in [1.807, 2.05) is 0 Å². The fourth-order valence-corrected chi connectivity index (χ4v) is 4.02. The van der Waals surface area contributed by atoms with Crippen LogP contribution in [-0.4, -0.2) is 29.2 Å². The van der Waals surface area contributed by atoms with E-state index in [1.54, 1.807) is 11.3 Å². The summed E-state index contributed by atoms with van der Waals surface area (Å²) in [5.74, 6) is 0. The molecule has 5 heteroatoms. The highest BCUT2D eigenvalue weighted by Gasteiger charge is 2.21. The van der Waals surface area contributed by atoms with Crippen molar-refractivity contribution in [2.75, 3.05) is 13.1 Å². The highest BCUT2D eigenvalue weighted by atomic mass is 79.9. The van der Waals surface area contributed by atoms with Gasteiger partial charge in [0.25, 0.3) is 0 Å². The normalized spacial score (nSPS) is 15.5. The first-order valence-corrected chi connectivity index (χ1v) is 7.44. The minimum absolute atomic E-state index is 0.598. The van der Waals surface area contributed by atoms with E-state index in [0.717, 1.165) is 17.3 Å². The largest absolute Gasteiger partial charge is 0.465 e. The zero-order valence-corrected chi connectivity index (χ0v) is 12.1. The Bertz CT molecular complexity index is 623. The Morgan fingerprint density at radius 3 is 2.89 bits per heavy atom. The molecule has 1 amide bonds. The molecular formula is C13H12BrNO2S. The summed E-state index contributed by atoms with van der Waals surface area (Å²) in [7, 11) is 0. The molecule has 0 saturated carbocycles. The summed E-state index contributed by atoms with van der Waals surface area (Å²) in [5.41, 5.74) is 1.33. The van der Waals surface area contributed by atoms with Gasteiger partial charge in [-0.25, -0.2) is 4.79 Å². The van der Waals surface area contributed by atoms with Crippen molar-refractivity contribution in [1.29, 1.82) is 0 Å². The van der Waals surface area contributed by atoms with Crippen LogP contribution in [-0.2, 0) is 12.8 Å². The fraction of sp³-hybridized carbons (Fsp3) is 0.308. The molecule has 2 aromatic rings. The minimum Gasteiger partial charge on any atom is -0.465 e. The minimum atomic E-state index is -0.810. The summed E-state index contributed by atoms with van der Waals surface area (Å²) in [6.07, 6.45) is 0.840. The number of fused-ring (bicyclic) bond motifs is 3. The van der Waals surface area contributed by atoms with Gasteiger partial charge in [0.05, 0.1) is 0 Å². The molecule has 0 atom stereocenters. The smallest absolute Gasteiger partial charge is 0.407 e. The Morgan fingerprint density at radius 1 is 1.33 bits per heavy atom. The second kappa shape index (κ2) is 4.55. The van der Waals surface area contributed by atoms with Crippen LogP contribution in [0.3, 0.4) is 0 Å². The third-order valence-corrected chi connectivity index (χ3v) is 5.11. The fourth-order valence-electron chi connectivity index (χ4n) is 2.43. The average Bonchev–Trinajstić information content (AvgIpc) is 2.54. The lowest BCUT2D eigenvalue weighted by atomic mass is 10.1. The van der Waals surface area contributed by atoms with E-state index < -0.39 is 6.09 Å². The standard InChI is InChI=1S/C13H12BrNO2S/c14-8-1-2-11-10(7-8)9-3-5-15(13(16)17)6-4-12(9)18-11/h1-2,7H,3-6H2,(H,16,17). The predicted molar refractivity (Wildman–Crippen MR) is 76.5 cm³/mol. The van der Waals surface area contributed by atoms with Gasteiger partial charge in [0.15, 0.2) is 0 Å². The molecule has 94 valence electrons.